The lowest BCUT2D eigenvalue weighted by Crippen LogP contribution is -2.21. The number of carboxylic acids is 3. The molecule has 4 N–H and O–H groups in total. The predicted octanol–water partition coefficient (Wildman–Crippen LogP) is 9.30. The Bertz CT molecular complexity index is 766. The lowest BCUT2D eigenvalue weighted by atomic mass is 10.1. The molecule has 0 aromatic rings. The molecule has 10 nitrogen and oxygen atoms in total. The molecule has 0 rings (SSSR count). The van der Waals surface area contributed by atoms with Crippen molar-refractivity contribution in [3.63, 3.8) is 0 Å². The van der Waals surface area contributed by atoms with Crippen molar-refractivity contribution in [2.24, 2.45) is 23.7 Å². The number of carbonyl (C=O) groups is 4. The minimum Gasteiger partial charge on any atom is -0.481 e. The second-order valence-corrected chi connectivity index (χ2v) is 13.4. The predicted molar refractivity (Wildman–Crippen MR) is 203 cm³/mol. The molecular formula is C39H79NO9. The SMILES string of the molecule is C.CC(C)CCC=CCCOCCC(=O)O.CC(C)CCCCC(=O)O.CC(C)CCCCNCCOCCC(=O)O.CCC(=O)C(C)C. The molecule has 0 saturated carbocycles. The molecule has 0 atom stereocenters. The summed E-state index contributed by atoms with van der Waals surface area (Å²) in [4.78, 5) is 40.9. The third-order valence-corrected chi connectivity index (χ3v) is 6.65. The van der Waals surface area contributed by atoms with Crippen molar-refractivity contribution < 1.29 is 44.0 Å². The van der Waals surface area contributed by atoms with Crippen LogP contribution in [0.25, 0.3) is 0 Å². The maximum atomic E-state index is 10.5. The molecule has 0 aliphatic heterocycles. The highest BCUT2D eigenvalue weighted by Crippen LogP contribution is 2.08. The van der Waals surface area contributed by atoms with E-state index < -0.39 is 17.9 Å². The molecule has 0 aliphatic rings. The Morgan fingerprint density at radius 1 is 0.571 bits per heavy atom. The van der Waals surface area contributed by atoms with Crippen LogP contribution in [0.3, 0.4) is 0 Å². The molecule has 49 heavy (non-hydrogen) atoms. The van der Waals surface area contributed by atoms with Crippen molar-refractivity contribution in [2.45, 2.75) is 153 Å². The first-order valence-electron chi connectivity index (χ1n) is 18.3. The van der Waals surface area contributed by atoms with Gasteiger partial charge in [0.1, 0.15) is 5.78 Å². The van der Waals surface area contributed by atoms with Crippen molar-refractivity contribution in [1.82, 2.24) is 5.32 Å². The smallest absolute Gasteiger partial charge is 0.305 e. The maximum absolute atomic E-state index is 10.5. The van der Waals surface area contributed by atoms with Gasteiger partial charge in [0.25, 0.3) is 0 Å². The van der Waals surface area contributed by atoms with E-state index in [0.29, 0.717) is 51.0 Å². The van der Waals surface area contributed by atoms with Crippen LogP contribution in [0.2, 0.25) is 0 Å². The van der Waals surface area contributed by atoms with Gasteiger partial charge in [-0.25, -0.2) is 0 Å². The van der Waals surface area contributed by atoms with Gasteiger partial charge >= 0.3 is 17.9 Å². The molecule has 0 aromatic heterocycles. The van der Waals surface area contributed by atoms with Crippen LogP contribution >= 0.6 is 0 Å². The summed E-state index contributed by atoms with van der Waals surface area (Å²) in [6, 6.07) is 0. The highest BCUT2D eigenvalue weighted by atomic mass is 16.5. The molecule has 0 fully saturated rings. The van der Waals surface area contributed by atoms with E-state index in [4.69, 9.17) is 24.8 Å². The quantitative estimate of drug-likeness (QED) is 0.0479. The Kier molecular flexibility index (Phi) is 50.0. The van der Waals surface area contributed by atoms with Gasteiger partial charge in [-0.2, -0.15) is 0 Å². The Morgan fingerprint density at radius 3 is 1.43 bits per heavy atom. The highest BCUT2D eigenvalue weighted by Gasteiger charge is 2.01. The first-order chi connectivity index (χ1) is 22.6. The number of ether oxygens (including phenoxy) is 2. The van der Waals surface area contributed by atoms with Crippen molar-refractivity contribution in [2.75, 3.05) is 39.5 Å². The lowest BCUT2D eigenvalue weighted by Gasteiger charge is -2.06. The second kappa shape index (κ2) is 43.7. The fourth-order valence-corrected chi connectivity index (χ4v) is 3.65. The summed E-state index contributed by atoms with van der Waals surface area (Å²) >= 11 is 0. The minimum atomic E-state index is -0.804. The largest absolute Gasteiger partial charge is 0.481 e. The summed E-state index contributed by atoms with van der Waals surface area (Å²) in [5, 5.41) is 28.3. The topological polar surface area (TPSA) is 159 Å². The molecule has 294 valence electrons. The molecule has 0 amide bonds. The standard InChI is InChI=1S/C12H25NO3.C12H22O3.C8H16O2.C6H12O.CH4/c1-11(2)5-3-4-7-13-8-10-16-9-6-12(14)15;1-11(2)7-5-3-4-6-9-15-10-8-12(13)14;1-7(2)5-3-4-6-8(9)10;1-4-6(7)5(2)3;/h11,13H,3-10H2,1-2H3,(H,14,15);3-4,11H,5-10H2,1-2H3,(H,13,14);7H,3-6H2,1-2H3,(H,9,10);5H,4H2,1-3H3;1H4. The van der Waals surface area contributed by atoms with Gasteiger partial charge in [0, 0.05) is 25.3 Å². The van der Waals surface area contributed by atoms with Gasteiger partial charge in [-0.1, -0.05) is 108 Å². The molecule has 0 heterocycles. The van der Waals surface area contributed by atoms with Crippen LogP contribution in [0.1, 0.15) is 153 Å². The average Bonchev–Trinajstić information content (AvgIpc) is 2.99. The number of Topliss-reactive ketones (excluding diaryl/α,β-unsaturated/α-hetero) is 1. The number of carbonyl (C=O) groups excluding carboxylic acids is 1. The Hall–Kier alpha value is -2.30. The van der Waals surface area contributed by atoms with Crippen molar-refractivity contribution in [1.29, 1.82) is 0 Å². The summed E-state index contributed by atoms with van der Waals surface area (Å²) in [7, 11) is 0. The third-order valence-electron chi connectivity index (χ3n) is 6.65. The zero-order valence-electron chi connectivity index (χ0n) is 32.2. The minimum absolute atomic E-state index is 0. The van der Waals surface area contributed by atoms with Crippen LogP contribution < -0.4 is 5.32 Å². The number of hydrogen-bond donors (Lipinski definition) is 4. The summed E-state index contributed by atoms with van der Waals surface area (Å²) in [6.45, 7) is 22.6. The van der Waals surface area contributed by atoms with Crippen LogP contribution in [-0.4, -0.2) is 78.5 Å². The Labute approximate surface area is 301 Å². The van der Waals surface area contributed by atoms with E-state index in [2.05, 4.69) is 59.0 Å². The zero-order chi connectivity index (χ0) is 37.6. The number of aliphatic carboxylic acids is 3. The van der Waals surface area contributed by atoms with E-state index in [-0.39, 0.29) is 26.2 Å². The van der Waals surface area contributed by atoms with E-state index >= 15 is 0 Å². The van der Waals surface area contributed by atoms with Gasteiger partial charge in [0.15, 0.2) is 0 Å². The van der Waals surface area contributed by atoms with Gasteiger partial charge in [0.05, 0.1) is 39.3 Å². The molecular weight excluding hydrogens is 626 g/mol. The monoisotopic (exact) mass is 706 g/mol. The van der Waals surface area contributed by atoms with Crippen LogP contribution in [-0.2, 0) is 28.7 Å². The molecule has 0 spiro atoms. The van der Waals surface area contributed by atoms with E-state index in [1.54, 1.807) is 0 Å². The average molecular weight is 706 g/mol. The van der Waals surface area contributed by atoms with Crippen molar-refractivity contribution in [3.8, 4) is 0 Å². The van der Waals surface area contributed by atoms with Crippen LogP contribution in [0, 0.1) is 23.7 Å². The number of ketones is 1. The molecule has 10 heteroatoms. The zero-order valence-corrected chi connectivity index (χ0v) is 32.2. The summed E-state index contributed by atoms with van der Waals surface area (Å²) in [5.41, 5.74) is 0. The van der Waals surface area contributed by atoms with Crippen LogP contribution in [0.4, 0.5) is 0 Å². The van der Waals surface area contributed by atoms with E-state index in [1.165, 1.54) is 25.7 Å². The number of unbranched alkanes of at least 4 members (excludes halogenated alkanes) is 2. The normalized spacial score (nSPS) is 10.6. The second-order valence-electron chi connectivity index (χ2n) is 13.4. The fourth-order valence-electron chi connectivity index (χ4n) is 3.65. The Morgan fingerprint density at radius 2 is 1.02 bits per heavy atom. The molecule has 0 aromatic carbocycles. The number of allylic oxidation sites excluding steroid dienone is 1. The first kappa shape index (κ1) is 56.1. The number of nitrogens with one attached hydrogen (secondary N) is 1. The number of rotatable bonds is 27. The summed E-state index contributed by atoms with van der Waals surface area (Å²) < 4.78 is 10.3. The van der Waals surface area contributed by atoms with Crippen LogP contribution in [0.5, 0.6) is 0 Å². The molecule has 0 radical (unpaired) electrons. The van der Waals surface area contributed by atoms with Crippen molar-refractivity contribution in [3.05, 3.63) is 12.2 Å². The number of carboxylic acid groups (broad SMARTS) is 3. The molecule has 0 bridgehead atoms. The highest BCUT2D eigenvalue weighted by molar-refractivity contribution is 5.79. The third kappa shape index (κ3) is 68.5. The van der Waals surface area contributed by atoms with Gasteiger partial charge in [-0.15, -0.1) is 0 Å². The lowest BCUT2D eigenvalue weighted by molar-refractivity contribution is -0.139. The van der Waals surface area contributed by atoms with E-state index in [0.717, 1.165) is 57.0 Å². The maximum Gasteiger partial charge on any atom is 0.305 e. The van der Waals surface area contributed by atoms with E-state index in [9.17, 15) is 19.2 Å². The summed E-state index contributed by atoms with van der Waals surface area (Å²) in [5.74, 6) is 0.535. The summed E-state index contributed by atoms with van der Waals surface area (Å²) in [6.07, 6.45) is 15.4. The van der Waals surface area contributed by atoms with Gasteiger partial charge in [-0.05, 0) is 56.4 Å². The van der Waals surface area contributed by atoms with Crippen LogP contribution in [0.15, 0.2) is 12.2 Å². The molecule has 0 saturated heterocycles. The van der Waals surface area contributed by atoms with Gasteiger partial charge in [0.2, 0.25) is 0 Å². The van der Waals surface area contributed by atoms with Crippen molar-refractivity contribution >= 4 is 23.7 Å². The van der Waals surface area contributed by atoms with E-state index in [1.807, 2.05) is 20.8 Å². The van der Waals surface area contributed by atoms with Gasteiger partial charge < -0.3 is 30.1 Å². The fraction of sp³-hybridized carbons (Fsp3) is 0.846. The molecule has 0 aliphatic carbocycles. The Balaban J connectivity index is -0.000000182. The van der Waals surface area contributed by atoms with Gasteiger partial charge in [-0.3, -0.25) is 19.2 Å². The first-order valence-corrected chi connectivity index (χ1v) is 18.3. The molecule has 0 unspecified atom stereocenters. The number of hydrogen-bond acceptors (Lipinski definition) is 7.